The lowest BCUT2D eigenvalue weighted by atomic mass is 9.86. The van der Waals surface area contributed by atoms with Gasteiger partial charge in [-0.1, -0.05) is 51.1 Å². The lowest BCUT2D eigenvalue weighted by Gasteiger charge is -2.49. The van der Waals surface area contributed by atoms with Crippen LogP contribution in [0.2, 0.25) is 18.1 Å². The number of hydrogen-bond donors (Lipinski definition) is 0. The van der Waals surface area contributed by atoms with Gasteiger partial charge in [-0.3, -0.25) is 4.90 Å². The van der Waals surface area contributed by atoms with Crippen LogP contribution in [0, 0.1) is 0 Å². The quantitative estimate of drug-likeness (QED) is 0.620. The van der Waals surface area contributed by atoms with E-state index in [-0.39, 0.29) is 10.6 Å². The van der Waals surface area contributed by atoms with E-state index < -0.39 is 8.32 Å². The Bertz CT molecular complexity index is 518. The number of benzene rings is 1. The van der Waals surface area contributed by atoms with Crippen LogP contribution in [0.5, 0.6) is 0 Å². The standard InChI is InChI=1S/C21H37NOSi/c1-20(2,3)24(6,7)23-17-19-14-11-15-21(4,5)22(19)16-18-12-9-8-10-13-18/h8-10,12-13,19H,11,14-17H2,1-7H3/t19-/m0/s1. The summed E-state index contributed by atoms with van der Waals surface area (Å²) in [6.45, 7) is 18.4. The number of piperidine rings is 1. The molecule has 24 heavy (non-hydrogen) atoms. The van der Waals surface area contributed by atoms with Crippen LogP contribution in [0.4, 0.5) is 0 Å². The minimum Gasteiger partial charge on any atom is -0.415 e. The molecule has 2 nitrogen and oxygen atoms in total. The average Bonchev–Trinajstić information content (AvgIpc) is 2.47. The number of rotatable bonds is 5. The summed E-state index contributed by atoms with van der Waals surface area (Å²) < 4.78 is 6.59. The number of likely N-dealkylation sites (tertiary alicyclic amines) is 1. The van der Waals surface area contributed by atoms with Gasteiger partial charge in [0.1, 0.15) is 0 Å². The van der Waals surface area contributed by atoms with E-state index >= 15 is 0 Å². The first-order chi connectivity index (χ1) is 11.0. The van der Waals surface area contributed by atoms with Gasteiger partial charge < -0.3 is 4.43 Å². The minimum atomic E-state index is -1.68. The number of nitrogens with zero attached hydrogens (tertiary/aromatic N) is 1. The second kappa shape index (κ2) is 7.31. The summed E-state index contributed by atoms with van der Waals surface area (Å²) in [5.41, 5.74) is 1.65. The molecule has 136 valence electrons. The first kappa shape index (κ1) is 19.7. The zero-order valence-corrected chi connectivity index (χ0v) is 17.9. The third kappa shape index (κ3) is 4.71. The zero-order valence-electron chi connectivity index (χ0n) is 16.9. The number of hydrogen-bond acceptors (Lipinski definition) is 2. The molecular weight excluding hydrogens is 310 g/mol. The van der Waals surface area contributed by atoms with Gasteiger partial charge in [-0.2, -0.15) is 0 Å². The van der Waals surface area contributed by atoms with E-state index in [1.807, 2.05) is 0 Å². The monoisotopic (exact) mass is 347 g/mol. The van der Waals surface area contributed by atoms with Crippen LogP contribution in [0.3, 0.4) is 0 Å². The molecule has 0 saturated carbocycles. The highest BCUT2D eigenvalue weighted by molar-refractivity contribution is 6.74. The fraction of sp³-hybridized carbons (Fsp3) is 0.714. The fourth-order valence-corrected chi connectivity index (χ4v) is 4.42. The highest BCUT2D eigenvalue weighted by atomic mass is 28.4. The molecule has 0 bridgehead atoms. The summed E-state index contributed by atoms with van der Waals surface area (Å²) in [6.07, 6.45) is 3.84. The topological polar surface area (TPSA) is 12.5 Å². The summed E-state index contributed by atoms with van der Waals surface area (Å²) in [4.78, 5) is 2.69. The van der Waals surface area contributed by atoms with Gasteiger partial charge in [0.15, 0.2) is 8.32 Å². The van der Waals surface area contributed by atoms with Gasteiger partial charge in [-0.05, 0) is 56.8 Å². The second-order valence-corrected chi connectivity index (χ2v) is 14.4. The first-order valence-corrected chi connectivity index (χ1v) is 12.4. The van der Waals surface area contributed by atoms with Crippen molar-refractivity contribution in [3.63, 3.8) is 0 Å². The molecule has 1 saturated heterocycles. The lowest BCUT2D eigenvalue weighted by molar-refractivity contribution is -0.00705. The van der Waals surface area contributed by atoms with Gasteiger partial charge in [0.25, 0.3) is 0 Å². The molecule has 1 atom stereocenters. The predicted molar refractivity (Wildman–Crippen MR) is 107 cm³/mol. The van der Waals surface area contributed by atoms with Gasteiger partial charge >= 0.3 is 0 Å². The van der Waals surface area contributed by atoms with Gasteiger partial charge in [0.05, 0.1) is 0 Å². The van der Waals surface area contributed by atoms with E-state index in [0.717, 1.165) is 13.2 Å². The van der Waals surface area contributed by atoms with Crippen molar-refractivity contribution in [2.75, 3.05) is 6.61 Å². The first-order valence-electron chi connectivity index (χ1n) is 9.48. The van der Waals surface area contributed by atoms with Gasteiger partial charge in [0, 0.05) is 24.7 Å². The SMILES string of the molecule is CC1(C)CCC[C@@H](CO[Si](C)(C)C(C)(C)C)N1Cc1ccccc1. The second-order valence-electron chi connectivity index (χ2n) is 9.54. The van der Waals surface area contributed by atoms with Crippen molar-refractivity contribution in [2.24, 2.45) is 0 Å². The Kier molecular flexibility index (Phi) is 5.99. The minimum absolute atomic E-state index is 0.246. The maximum absolute atomic E-state index is 6.59. The maximum Gasteiger partial charge on any atom is 0.192 e. The third-order valence-corrected chi connectivity index (χ3v) is 10.7. The highest BCUT2D eigenvalue weighted by Crippen LogP contribution is 2.38. The molecule has 1 aliphatic rings. The highest BCUT2D eigenvalue weighted by Gasteiger charge is 2.40. The Hall–Kier alpha value is -0.643. The van der Waals surface area contributed by atoms with E-state index in [1.54, 1.807) is 0 Å². The van der Waals surface area contributed by atoms with Gasteiger partial charge in [-0.15, -0.1) is 0 Å². The normalized spacial score (nSPS) is 22.5. The van der Waals surface area contributed by atoms with Crippen molar-refractivity contribution in [3.8, 4) is 0 Å². The Balaban J connectivity index is 2.11. The van der Waals surface area contributed by atoms with Crippen molar-refractivity contribution in [3.05, 3.63) is 35.9 Å². The van der Waals surface area contributed by atoms with Crippen LogP contribution in [0.25, 0.3) is 0 Å². The van der Waals surface area contributed by atoms with E-state index in [2.05, 4.69) is 82.9 Å². The Morgan fingerprint density at radius 2 is 1.79 bits per heavy atom. The predicted octanol–water partition coefficient (Wildman–Crippen LogP) is 5.84. The van der Waals surface area contributed by atoms with Crippen LogP contribution < -0.4 is 0 Å². The van der Waals surface area contributed by atoms with Gasteiger partial charge in [0.2, 0.25) is 0 Å². The molecule has 2 rings (SSSR count). The largest absolute Gasteiger partial charge is 0.415 e. The average molecular weight is 348 g/mol. The Morgan fingerprint density at radius 3 is 2.38 bits per heavy atom. The molecule has 1 aliphatic heterocycles. The molecule has 1 aromatic rings. The molecule has 0 radical (unpaired) electrons. The molecule has 0 aromatic heterocycles. The van der Waals surface area contributed by atoms with E-state index in [0.29, 0.717) is 6.04 Å². The summed E-state index contributed by atoms with van der Waals surface area (Å²) in [5, 5.41) is 0.279. The van der Waals surface area contributed by atoms with Crippen LogP contribution in [0.15, 0.2) is 30.3 Å². The van der Waals surface area contributed by atoms with Crippen LogP contribution in [-0.4, -0.2) is 31.4 Å². The molecular formula is C21H37NOSi. The molecule has 1 fully saturated rings. The molecule has 0 amide bonds. The summed E-state index contributed by atoms with van der Waals surface area (Å²) in [6, 6.07) is 11.4. The van der Waals surface area contributed by atoms with Crippen molar-refractivity contribution in [2.45, 2.75) is 90.1 Å². The molecule has 1 aromatic carbocycles. The zero-order chi connectivity index (χ0) is 18.0. The molecule has 1 heterocycles. The Labute approximate surface area is 150 Å². The maximum atomic E-state index is 6.59. The molecule has 3 heteroatoms. The summed E-state index contributed by atoms with van der Waals surface area (Å²) in [7, 11) is -1.68. The van der Waals surface area contributed by atoms with Crippen LogP contribution >= 0.6 is 0 Å². The van der Waals surface area contributed by atoms with Crippen molar-refractivity contribution < 1.29 is 4.43 Å². The smallest absolute Gasteiger partial charge is 0.192 e. The molecule has 0 spiro atoms. The molecule has 0 N–H and O–H groups in total. The van der Waals surface area contributed by atoms with Crippen LogP contribution in [0.1, 0.15) is 59.4 Å². The molecule has 0 unspecified atom stereocenters. The Morgan fingerprint density at radius 1 is 1.17 bits per heavy atom. The van der Waals surface area contributed by atoms with E-state index in [9.17, 15) is 0 Å². The summed E-state index contributed by atoms with van der Waals surface area (Å²) in [5.74, 6) is 0. The molecule has 0 aliphatic carbocycles. The lowest BCUT2D eigenvalue weighted by Crippen LogP contribution is -2.55. The van der Waals surface area contributed by atoms with Crippen LogP contribution in [-0.2, 0) is 11.0 Å². The van der Waals surface area contributed by atoms with Gasteiger partial charge in [-0.25, -0.2) is 0 Å². The van der Waals surface area contributed by atoms with E-state index in [4.69, 9.17) is 4.43 Å². The summed E-state index contributed by atoms with van der Waals surface area (Å²) >= 11 is 0. The van der Waals surface area contributed by atoms with E-state index in [1.165, 1.54) is 24.8 Å². The third-order valence-electron chi connectivity index (χ3n) is 6.18. The van der Waals surface area contributed by atoms with Crippen molar-refractivity contribution >= 4 is 8.32 Å². The van der Waals surface area contributed by atoms with Crippen molar-refractivity contribution in [1.29, 1.82) is 0 Å². The fourth-order valence-electron chi connectivity index (χ4n) is 3.38. The van der Waals surface area contributed by atoms with Crippen molar-refractivity contribution in [1.82, 2.24) is 4.90 Å².